The van der Waals surface area contributed by atoms with Crippen LogP contribution >= 0.6 is 35.3 Å². The number of nitrogens with zero attached hydrogens (tertiary/aromatic N) is 3. The Kier molecular flexibility index (Phi) is 8.86. The van der Waals surface area contributed by atoms with Crippen molar-refractivity contribution in [2.75, 3.05) is 26.2 Å². The van der Waals surface area contributed by atoms with Gasteiger partial charge in [0.15, 0.2) is 5.96 Å². The summed E-state index contributed by atoms with van der Waals surface area (Å²) in [6, 6.07) is 4.26. The molecule has 3 heterocycles. The van der Waals surface area contributed by atoms with Crippen LogP contribution in [0.4, 0.5) is 0 Å². The number of aromatic nitrogens is 1. The van der Waals surface area contributed by atoms with Crippen molar-refractivity contribution >= 4 is 41.3 Å². The summed E-state index contributed by atoms with van der Waals surface area (Å²) in [5.74, 6) is 1.84. The van der Waals surface area contributed by atoms with E-state index >= 15 is 0 Å². The van der Waals surface area contributed by atoms with Crippen LogP contribution in [0.3, 0.4) is 0 Å². The number of thiazole rings is 1. The van der Waals surface area contributed by atoms with Crippen molar-refractivity contribution in [2.45, 2.75) is 39.3 Å². The van der Waals surface area contributed by atoms with Gasteiger partial charge in [-0.1, -0.05) is 0 Å². The Morgan fingerprint density at radius 2 is 2.19 bits per heavy atom. The van der Waals surface area contributed by atoms with Crippen molar-refractivity contribution in [3.63, 3.8) is 0 Å². The lowest BCUT2D eigenvalue weighted by Crippen LogP contribution is -2.42. The van der Waals surface area contributed by atoms with E-state index in [2.05, 4.69) is 45.4 Å². The third-order valence-electron chi connectivity index (χ3n) is 4.30. The smallest absolute Gasteiger partial charge is 0.191 e. The Labute approximate surface area is 176 Å². The molecule has 1 fully saturated rings. The Morgan fingerprint density at radius 3 is 2.81 bits per heavy atom. The van der Waals surface area contributed by atoms with Gasteiger partial charge in [0.25, 0.3) is 0 Å². The number of rotatable bonds is 7. The predicted octanol–water partition coefficient (Wildman–Crippen LogP) is 3.55. The van der Waals surface area contributed by atoms with Crippen LogP contribution in [-0.4, -0.2) is 42.0 Å². The number of furan rings is 1. The fourth-order valence-electron chi connectivity index (χ4n) is 3.10. The second-order valence-corrected chi connectivity index (χ2v) is 7.53. The molecule has 144 valence electrons. The van der Waals surface area contributed by atoms with Crippen molar-refractivity contribution in [1.82, 2.24) is 20.5 Å². The number of nitrogens with one attached hydrogen (secondary N) is 2. The van der Waals surface area contributed by atoms with E-state index in [1.807, 2.05) is 12.3 Å². The average molecular weight is 489 g/mol. The lowest BCUT2D eigenvalue weighted by molar-refractivity contribution is 0.215. The molecule has 2 aromatic heterocycles. The first kappa shape index (κ1) is 21.2. The molecule has 0 bridgehead atoms. The van der Waals surface area contributed by atoms with Crippen LogP contribution in [0.25, 0.3) is 0 Å². The first-order valence-corrected chi connectivity index (χ1v) is 9.79. The van der Waals surface area contributed by atoms with E-state index < -0.39 is 0 Å². The molecule has 0 radical (unpaired) electrons. The molecule has 0 aromatic carbocycles. The van der Waals surface area contributed by atoms with E-state index in [1.54, 1.807) is 17.6 Å². The summed E-state index contributed by atoms with van der Waals surface area (Å²) >= 11 is 1.69. The van der Waals surface area contributed by atoms with Crippen molar-refractivity contribution in [2.24, 2.45) is 4.99 Å². The van der Waals surface area contributed by atoms with Crippen molar-refractivity contribution in [1.29, 1.82) is 0 Å². The van der Waals surface area contributed by atoms with Gasteiger partial charge < -0.3 is 15.1 Å². The number of aliphatic imine (C=N–C) groups is 1. The van der Waals surface area contributed by atoms with Gasteiger partial charge in [0.2, 0.25) is 0 Å². The van der Waals surface area contributed by atoms with Crippen molar-refractivity contribution in [3.05, 3.63) is 40.2 Å². The number of hydrogen-bond acceptors (Lipinski definition) is 5. The van der Waals surface area contributed by atoms with Gasteiger partial charge in [0.1, 0.15) is 10.8 Å². The van der Waals surface area contributed by atoms with Crippen molar-refractivity contribution < 1.29 is 4.42 Å². The highest BCUT2D eigenvalue weighted by Gasteiger charge is 2.25. The molecule has 8 heteroatoms. The third-order valence-corrected chi connectivity index (χ3v) is 5.20. The van der Waals surface area contributed by atoms with Crippen LogP contribution in [-0.2, 0) is 6.54 Å². The van der Waals surface area contributed by atoms with Gasteiger partial charge >= 0.3 is 0 Å². The molecule has 0 aliphatic carbocycles. The van der Waals surface area contributed by atoms with Gasteiger partial charge in [-0.05, 0) is 51.9 Å². The number of hydrogen-bond donors (Lipinski definition) is 2. The highest BCUT2D eigenvalue weighted by molar-refractivity contribution is 14.0. The molecule has 1 unspecified atom stereocenters. The highest BCUT2D eigenvalue weighted by atomic mass is 127. The molecule has 26 heavy (non-hydrogen) atoms. The monoisotopic (exact) mass is 489 g/mol. The van der Waals surface area contributed by atoms with Crippen molar-refractivity contribution in [3.8, 4) is 0 Å². The zero-order chi connectivity index (χ0) is 17.5. The molecule has 0 spiro atoms. The van der Waals surface area contributed by atoms with Crippen LogP contribution in [0, 0.1) is 6.92 Å². The Balaban J connectivity index is 0.00000243. The predicted molar refractivity (Wildman–Crippen MR) is 117 cm³/mol. The maximum absolute atomic E-state index is 5.68. The standard InChI is InChI=1S/C18H27N5OS.HI/c1-3-19-18(22-13-17-20-11-14(2)25-17)21-12-15(16-7-6-10-24-16)23-8-4-5-9-23;/h6-7,10-11,15H,3-5,8-9,12-13H2,1-2H3,(H2,19,21,22);1H. The molecule has 1 saturated heterocycles. The zero-order valence-corrected chi connectivity index (χ0v) is 18.5. The number of aryl methyl sites for hydroxylation is 1. The summed E-state index contributed by atoms with van der Waals surface area (Å²) in [5, 5.41) is 7.83. The fourth-order valence-corrected chi connectivity index (χ4v) is 3.81. The summed E-state index contributed by atoms with van der Waals surface area (Å²) in [6.45, 7) is 8.60. The quantitative estimate of drug-likeness (QED) is 0.354. The largest absolute Gasteiger partial charge is 0.468 e. The molecule has 2 N–H and O–H groups in total. The van der Waals surface area contributed by atoms with Gasteiger partial charge in [-0.2, -0.15) is 0 Å². The lowest BCUT2D eigenvalue weighted by atomic mass is 10.2. The van der Waals surface area contributed by atoms with Gasteiger partial charge in [0.05, 0.1) is 18.8 Å². The molecule has 2 aromatic rings. The van der Waals surface area contributed by atoms with Gasteiger partial charge in [-0.25, -0.2) is 9.98 Å². The zero-order valence-electron chi connectivity index (χ0n) is 15.4. The van der Waals surface area contributed by atoms with E-state index in [1.165, 1.54) is 17.7 Å². The summed E-state index contributed by atoms with van der Waals surface area (Å²) in [7, 11) is 0. The Morgan fingerprint density at radius 1 is 1.38 bits per heavy atom. The van der Waals surface area contributed by atoms with Crippen LogP contribution in [0.2, 0.25) is 0 Å². The van der Waals surface area contributed by atoms with E-state index in [0.717, 1.165) is 42.9 Å². The molecular formula is C18H28IN5OS. The lowest BCUT2D eigenvalue weighted by Gasteiger charge is -2.26. The summed E-state index contributed by atoms with van der Waals surface area (Å²) in [5.41, 5.74) is 0. The van der Waals surface area contributed by atoms with Crippen LogP contribution in [0.1, 0.15) is 41.5 Å². The minimum Gasteiger partial charge on any atom is -0.468 e. The van der Waals surface area contributed by atoms with Gasteiger partial charge in [0, 0.05) is 24.2 Å². The first-order valence-electron chi connectivity index (χ1n) is 8.97. The number of likely N-dealkylation sites (tertiary alicyclic amines) is 1. The van der Waals surface area contributed by atoms with E-state index in [0.29, 0.717) is 6.54 Å². The average Bonchev–Trinajstić information content (AvgIpc) is 3.36. The molecule has 1 aliphatic heterocycles. The molecule has 6 nitrogen and oxygen atoms in total. The van der Waals surface area contributed by atoms with E-state index in [4.69, 9.17) is 4.42 Å². The van der Waals surface area contributed by atoms with Crippen LogP contribution in [0.15, 0.2) is 34.0 Å². The third kappa shape index (κ3) is 5.95. The SMILES string of the molecule is CCNC(=NCc1ncc(C)s1)NCC(c1ccco1)N1CCCC1.I. The van der Waals surface area contributed by atoms with Gasteiger partial charge in [-0.3, -0.25) is 4.90 Å². The Hall–Kier alpha value is -1.13. The summed E-state index contributed by atoms with van der Waals surface area (Å²) in [4.78, 5) is 12.8. The highest BCUT2D eigenvalue weighted by Crippen LogP contribution is 2.24. The molecule has 0 amide bonds. The molecule has 3 rings (SSSR count). The number of guanidine groups is 1. The molecule has 0 saturated carbocycles. The fraction of sp³-hybridized carbons (Fsp3) is 0.556. The molecule has 1 aliphatic rings. The molecular weight excluding hydrogens is 461 g/mol. The Bertz CT molecular complexity index is 667. The van der Waals surface area contributed by atoms with E-state index in [-0.39, 0.29) is 30.0 Å². The van der Waals surface area contributed by atoms with Crippen LogP contribution < -0.4 is 10.6 Å². The topological polar surface area (TPSA) is 65.7 Å². The first-order chi connectivity index (χ1) is 12.3. The van der Waals surface area contributed by atoms with Crippen LogP contribution in [0.5, 0.6) is 0 Å². The normalized spacial score (nSPS) is 16.3. The minimum atomic E-state index is 0. The maximum atomic E-state index is 5.68. The summed E-state index contributed by atoms with van der Waals surface area (Å²) in [6.07, 6.45) is 6.17. The summed E-state index contributed by atoms with van der Waals surface area (Å²) < 4.78 is 5.68. The van der Waals surface area contributed by atoms with E-state index in [9.17, 15) is 0 Å². The second-order valence-electron chi connectivity index (χ2n) is 6.22. The minimum absolute atomic E-state index is 0. The number of halogens is 1. The van der Waals surface area contributed by atoms with Gasteiger partial charge in [-0.15, -0.1) is 35.3 Å². The maximum Gasteiger partial charge on any atom is 0.191 e. The second kappa shape index (κ2) is 10.9. The molecule has 1 atom stereocenters.